The lowest BCUT2D eigenvalue weighted by Crippen LogP contribution is -1.86. The van der Waals surface area contributed by atoms with Crippen LogP contribution in [-0.4, -0.2) is 9.78 Å². The van der Waals surface area contributed by atoms with Gasteiger partial charge in [-0.25, -0.2) is 0 Å². The molecule has 0 aliphatic carbocycles. The van der Waals surface area contributed by atoms with Gasteiger partial charge < -0.3 is 0 Å². The van der Waals surface area contributed by atoms with Crippen molar-refractivity contribution in [1.82, 2.24) is 9.78 Å². The number of rotatable bonds is 1. The fraction of sp³-hybridized carbons (Fsp3) is 0.308. The van der Waals surface area contributed by atoms with Crippen molar-refractivity contribution in [3.8, 4) is 11.1 Å². The van der Waals surface area contributed by atoms with Crippen LogP contribution in [0.25, 0.3) is 11.1 Å². The first-order valence-corrected chi connectivity index (χ1v) is 5.33. The molecule has 0 spiro atoms. The molecule has 80 valence electrons. The smallest absolute Gasteiger partial charge is 0.0671 e. The topological polar surface area (TPSA) is 17.8 Å². The zero-order valence-electron chi connectivity index (χ0n) is 9.86. The molecule has 1 heterocycles. The zero-order chi connectivity index (χ0) is 11.3. The number of aryl methyl sites for hydroxylation is 2. The Hall–Kier alpha value is -1.57. The minimum atomic E-state index is 1.08. The van der Waals surface area contributed by atoms with Gasteiger partial charge >= 0.3 is 0 Å². The van der Waals surface area contributed by atoms with E-state index >= 15 is 0 Å². The molecule has 0 fully saturated rings. The third-order valence-corrected chi connectivity index (χ3v) is 2.10. The van der Waals surface area contributed by atoms with Crippen molar-refractivity contribution in [3.05, 3.63) is 42.2 Å². The summed E-state index contributed by atoms with van der Waals surface area (Å²) in [5, 5.41) is 4.30. The van der Waals surface area contributed by atoms with Crippen molar-refractivity contribution in [2.45, 2.75) is 20.8 Å². The molecular formula is C13H18N2. The molecule has 2 aromatic rings. The molecule has 2 heteroatoms. The van der Waals surface area contributed by atoms with Crippen molar-refractivity contribution >= 4 is 0 Å². The van der Waals surface area contributed by atoms with E-state index in [0.717, 1.165) is 5.69 Å². The highest BCUT2D eigenvalue weighted by Gasteiger charge is 2.03. The van der Waals surface area contributed by atoms with Gasteiger partial charge in [-0.1, -0.05) is 44.2 Å². The van der Waals surface area contributed by atoms with Crippen LogP contribution in [0.2, 0.25) is 0 Å². The van der Waals surface area contributed by atoms with Crippen LogP contribution in [0.3, 0.4) is 0 Å². The Kier molecular flexibility index (Phi) is 4.10. The third kappa shape index (κ3) is 2.69. The molecule has 2 nitrogen and oxygen atoms in total. The highest BCUT2D eigenvalue weighted by molar-refractivity contribution is 5.64. The molecule has 0 bridgehead atoms. The summed E-state index contributed by atoms with van der Waals surface area (Å²) < 4.78 is 1.84. The maximum absolute atomic E-state index is 4.30. The molecule has 0 N–H and O–H groups in total. The number of hydrogen-bond acceptors (Lipinski definition) is 1. The van der Waals surface area contributed by atoms with Gasteiger partial charge in [0, 0.05) is 18.8 Å². The van der Waals surface area contributed by atoms with Crippen LogP contribution in [0, 0.1) is 6.92 Å². The van der Waals surface area contributed by atoms with E-state index in [-0.39, 0.29) is 0 Å². The van der Waals surface area contributed by atoms with Gasteiger partial charge in [0.2, 0.25) is 0 Å². The molecule has 1 aromatic heterocycles. The van der Waals surface area contributed by atoms with Crippen LogP contribution in [0.1, 0.15) is 19.5 Å². The first kappa shape index (κ1) is 11.5. The van der Waals surface area contributed by atoms with Gasteiger partial charge in [0.15, 0.2) is 0 Å². The molecule has 0 atom stereocenters. The van der Waals surface area contributed by atoms with Crippen molar-refractivity contribution in [3.63, 3.8) is 0 Å². The van der Waals surface area contributed by atoms with Crippen molar-refractivity contribution < 1.29 is 0 Å². The minimum Gasteiger partial charge on any atom is -0.275 e. The number of benzene rings is 1. The molecule has 1 aromatic carbocycles. The second-order valence-corrected chi connectivity index (χ2v) is 3.17. The van der Waals surface area contributed by atoms with Gasteiger partial charge in [-0.15, -0.1) is 0 Å². The molecule has 0 saturated heterocycles. The van der Waals surface area contributed by atoms with Crippen molar-refractivity contribution in [1.29, 1.82) is 0 Å². The number of aromatic nitrogens is 2. The van der Waals surface area contributed by atoms with Crippen LogP contribution >= 0.6 is 0 Å². The molecule has 0 amide bonds. The predicted molar refractivity (Wildman–Crippen MR) is 64.7 cm³/mol. The van der Waals surface area contributed by atoms with Crippen LogP contribution < -0.4 is 0 Å². The normalized spacial score (nSPS) is 9.33. The van der Waals surface area contributed by atoms with E-state index in [9.17, 15) is 0 Å². The Morgan fingerprint density at radius 1 is 1.07 bits per heavy atom. The van der Waals surface area contributed by atoms with E-state index in [1.807, 2.05) is 56.9 Å². The first-order chi connectivity index (χ1) is 7.27. The fourth-order valence-electron chi connectivity index (χ4n) is 1.50. The lowest BCUT2D eigenvalue weighted by atomic mass is 10.1. The van der Waals surface area contributed by atoms with Gasteiger partial charge in [0.1, 0.15) is 0 Å². The second-order valence-electron chi connectivity index (χ2n) is 3.17. The largest absolute Gasteiger partial charge is 0.275 e. The summed E-state index contributed by atoms with van der Waals surface area (Å²) in [4.78, 5) is 0. The molecule has 0 radical (unpaired) electrons. The Balaban J connectivity index is 0.000000531. The highest BCUT2D eigenvalue weighted by atomic mass is 15.2. The summed E-state index contributed by atoms with van der Waals surface area (Å²) in [6, 6.07) is 10.3. The standard InChI is InChI=1S/C11H12N2.C2H6/c1-9-11(8-13(2)12-9)10-6-4-3-5-7-10;1-2/h3-8H,1-2H3;1-2H3. The lowest BCUT2D eigenvalue weighted by molar-refractivity contribution is 0.756. The Morgan fingerprint density at radius 3 is 2.13 bits per heavy atom. The molecule has 0 unspecified atom stereocenters. The van der Waals surface area contributed by atoms with Gasteiger partial charge in [0.25, 0.3) is 0 Å². The molecular weight excluding hydrogens is 184 g/mol. The fourth-order valence-corrected chi connectivity index (χ4v) is 1.50. The maximum Gasteiger partial charge on any atom is 0.0671 e. The lowest BCUT2D eigenvalue weighted by Gasteiger charge is -1.96. The van der Waals surface area contributed by atoms with Gasteiger partial charge in [-0.05, 0) is 12.5 Å². The monoisotopic (exact) mass is 202 g/mol. The average Bonchev–Trinajstić information content (AvgIpc) is 2.62. The average molecular weight is 202 g/mol. The van der Waals surface area contributed by atoms with E-state index in [1.165, 1.54) is 11.1 Å². The van der Waals surface area contributed by atoms with E-state index in [2.05, 4.69) is 17.2 Å². The Morgan fingerprint density at radius 2 is 1.67 bits per heavy atom. The zero-order valence-corrected chi connectivity index (χ0v) is 9.86. The molecule has 2 rings (SSSR count). The summed E-state index contributed by atoms with van der Waals surface area (Å²) in [5.74, 6) is 0. The van der Waals surface area contributed by atoms with E-state index in [1.54, 1.807) is 0 Å². The van der Waals surface area contributed by atoms with Crippen LogP contribution in [-0.2, 0) is 7.05 Å². The van der Waals surface area contributed by atoms with Crippen LogP contribution in [0.5, 0.6) is 0 Å². The van der Waals surface area contributed by atoms with Gasteiger partial charge in [0.05, 0.1) is 5.69 Å². The molecule has 0 aliphatic rings. The summed E-state index contributed by atoms with van der Waals surface area (Å²) in [7, 11) is 1.94. The van der Waals surface area contributed by atoms with E-state index in [4.69, 9.17) is 0 Å². The van der Waals surface area contributed by atoms with Crippen LogP contribution in [0.4, 0.5) is 0 Å². The maximum atomic E-state index is 4.30. The number of hydrogen-bond donors (Lipinski definition) is 0. The SMILES string of the molecule is CC.Cc1nn(C)cc1-c1ccccc1. The van der Waals surface area contributed by atoms with Crippen molar-refractivity contribution in [2.75, 3.05) is 0 Å². The quantitative estimate of drug-likeness (QED) is 0.692. The highest BCUT2D eigenvalue weighted by Crippen LogP contribution is 2.21. The molecule has 15 heavy (non-hydrogen) atoms. The van der Waals surface area contributed by atoms with E-state index in [0.29, 0.717) is 0 Å². The summed E-state index contributed by atoms with van der Waals surface area (Å²) >= 11 is 0. The van der Waals surface area contributed by atoms with Gasteiger partial charge in [-0.3, -0.25) is 4.68 Å². The Labute approximate surface area is 91.6 Å². The van der Waals surface area contributed by atoms with E-state index < -0.39 is 0 Å². The third-order valence-electron chi connectivity index (χ3n) is 2.10. The predicted octanol–water partition coefficient (Wildman–Crippen LogP) is 3.42. The van der Waals surface area contributed by atoms with Crippen molar-refractivity contribution in [2.24, 2.45) is 7.05 Å². The van der Waals surface area contributed by atoms with Gasteiger partial charge in [-0.2, -0.15) is 5.10 Å². The summed E-state index contributed by atoms with van der Waals surface area (Å²) in [6.07, 6.45) is 2.05. The molecule has 0 aliphatic heterocycles. The number of nitrogens with zero attached hydrogens (tertiary/aromatic N) is 2. The summed E-state index contributed by atoms with van der Waals surface area (Å²) in [5.41, 5.74) is 3.52. The van der Waals surface area contributed by atoms with Crippen LogP contribution in [0.15, 0.2) is 36.5 Å². The molecule has 0 saturated carbocycles. The first-order valence-electron chi connectivity index (χ1n) is 5.33. The second kappa shape index (κ2) is 5.35. The summed E-state index contributed by atoms with van der Waals surface area (Å²) in [6.45, 7) is 6.03. The minimum absolute atomic E-state index is 1.08. The Bertz CT molecular complexity index is 402.